The van der Waals surface area contributed by atoms with Crippen molar-refractivity contribution in [3.8, 4) is 0 Å². The molecule has 0 unspecified atom stereocenters. The van der Waals surface area contributed by atoms with E-state index < -0.39 is 0 Å². The summed E-state index contributed by atoms with van der Waals surface area (Å²) in [4.78, 5) is 4.11. The van der Waals surface area contributed by atoms with Crippen LogP contribution < -0.4 is 5.73 Å². The summed E-state index contributed by atoms with van der Waals surface area (Å²) in [6.45, 7) is 0.796. The molecule has 2 heteroatoms. The van der Waals surface area contributed by atoms with E-state index in [2.05, 4.69) is 11.1 Å². The van der Waals surface area contributed by atoms with Gasteiger partial charge in [0.2, 0.25) is 0 Å². The first-order chi connectivity index (χ1) is 5.86. The Morgan fingerprint density at radius 1 is 1.33 bits per heavy atom. The predicted molar refractivity (Wildman–Crippen MR) is 52.2 cm³/mol. The van der Waals surface area contributed by atoms with Crippen LogP contribution in [0.25, 0.3) is 5.57 Å². The first-order valence-electron chi connectivity index (χ1n) is 3.92. The Kier molecular flexibility index (Phi) is 1.67. The maximum absolute atomic E-state index is 5.65. The van der Waals surface area contributed by atoms with E-state index in [0.717, 1.165) is 17.8 Å². The molecule has 0 aliphatic carbocycles. The highest BCUT2D eigenvalue weighted by atomic mass is 14.7. The molecule has 1 aromatic rings. The minimum Gasteiger partial charge on any atom is -0.399 e. The molecule has 0 fully saturated rings. The number of aliphatic imine (C=N–C) groups is 1. The van der Waals surface area contributed by atoms with Gasteiger partial charge >= 0.3 is 0 Å². The Hall–Kier alpha value is -1.57. The molecule has 2 N–H and O–H groups in total. The average molecular weight is 158 g/mol. The van der Waals surface area contributed by atoms with Gasteiger partial charge in [-0.05, 0) is 23.3 Å². The molecule has 0 saturated carbocycles. The van der Waals surface area contributed by atoms with Gasteiger partial charge in [0.15, 0.2) is 0 Å². The molecule has 0 saturated heterocycles. The minimum atomic E-state index is 0.796. The number of hydrogen-bond acceptors (Lipinski definition) is 2. The van der Waals surface area contributed by atoms with Crippen LogP contribution in [0.5, 0.6) is 0 Å². The van der Waals surface area contributed by atoms with Crippen molar-refractivity contribution in [3.05, 3.63) is 35.9 Å². The topological polar surface area (TPSA) is 38.4 Å². The number of nitrogen functional groups attached to an aromatic ring is 1. The zero-order chi connectivity index (χ0) is 8.39. The third-order valence-electron chi connectivity index (χ3n) is 1.87. The Bertz CT molecular complexity index is 351. The Morgan fingerprint density at radius 3 is 2.92 bits per heavy atom. The van der Waals surface area contributed by atoms with E-state index in [9.17, 15) is 0 Å². The molecule has 60 valence electrons. The van der Waals surface area contributed by atoms with Crippen molar-refractivity contribution in [3.63, 3.8) is 0 Å². The number of nitrogens with two attached hydrogens (primary N) is 1. The fourth-order valence-electron chi connectivity index (χ4n) is 1.27. The van der Waals surface area contributed by atoms with Crippen LogP contribution >= 0.6 is 0 Å². The summed E-state index contributed by atoms with van der Waals surface area (Å²) < 4.78 is 0. The first-order valence-corrected chi connectivity index (χ1v) is 3.92. The zero-order valence-electron chi connectivity index (χ0n) is 6.70. The van der Waals surface area contributed by atoms with Crippen LogP contribution in [0.2, 0.25) is 0 Å². The van der Waals surface area contributed by atoms with Crippen molar-refractivity contribution < 1.29 is 0 Å². The van der Waals surface area contributed by atoms with Gasteiger partial charge in [-0.2, -0.15) is 0 Å². The third-order valence-corrected chi connectivity index (χ3v) is 1.87. The van der Waals surface area contributed by atoms with Gasteiger partial charge in [-0.25, -0.2) is 0 Å². The fourth-order valence-corrected chi connectivity index (χ4v) is 1.27. The SMILES string of the molecule is Nc1cccc(C2=CCN=C2)c1. The summed E-state index contributed by atoms with van der Waals surface area (Å²) in [5.41, 5.74) is 8.77. The second-order valence-electron chi connectivity index (χ2n) is 2.78. The van der Waals surface area contributed by atoms with Crippen LogP contribution in [-0.4, -0.2) is 12.8 Å². The Balaban J connectivity index is 2.40. The average Bonchev–Trinajstić information content (AvgIpc) is 2.56. The van der Waals surface area contributed by atoms with Gasteiger partial charge in [0.05, 0.1) is 6.54 Å². The molecular formula is C10H10N2. The molecule has 0 atom stereocenters. The standard InChI is InChI=1S/C10H10N2/c11-10-3-1-2-8(6-10)9-4-5-12-7-9/h1-4,6-7H,5,11H2. The van der Waals surface area contributed by atoms with Gasteiger partial charge < -0.3 is 5.73 Å². The predicted octanol–water partition coefficient (Wildman–Crippen LogP) is 1.74. The molecule has 0 amide bonds. The molecule has 2 nitrogen and oxygen atoms in total. The quantitative estimate of drug-likeness (QED) is 0.621. The number of rotatable bonds is 1. The molecule has 2 rings (SSSR count). The second kappa shape index (κ2) is 2.81. The van der Waals surface area contributed by atoms with E-state index in [1.807, 2.05) is 30.5 Å². The van der Waals surface area contributed by atoms with Gasteiger partial charge in [0.25, 0.3) is 0 Å². The number of allylic oxidation sites excluding steroid dienone is 1. The lowest BCUT2D eigenvalue weighted by Gasteiger charge is -1.99. The van der Waals surface area contributed by atoms with Gasteiger partial charge in [-0.3, -0.25) is 4.99 Å². The van der Waals surface area contributed by atoms with E-state index >= 15 is 0 Å². The van der Waals surface area contributed by atoms with E-state index in [0.29, 0.717) is 0 Å². The van der Waals surface area contributed by atoms with Crippen LogP contribution in [0.1, 0.15) is 5.56 Å². The van der Waals surface area contributed by atoms with Gasteiger partial charge in [-0.15, -0.1) is 0 Å². The third kappa shape index (κ3) is 1.23. The largest absolute Gasteiger partial charge is 0.399 e. The normalized spacial score (nSPS) is 14.8. The van der Waals surface area contributed by atoms with Gasteiger partial charge in [-0.1, -0.05) is 18.2 Å². The van der Waals surface area contributed by atoms with E-state index in [1.165, 1.54) is 5.57 Å². The van der Waals surface area contributed by atoms with Crippen LogP contribution in [0.4, 0.5) is 5.69 Å². The van der Waals surface area contributed by atoms with Gasteiger partial charge in [0, 0.05) is 11.9 Å². The Morgan fingerprint density at radius 2 is 2.25 bits per heavy atom. The van der Waals surface area contributed by atoms with E-state index in [-0.39, 0.29) is 0 Å². The molecule has 0 aromatic heterocycles. The number of anilines is 1. The zero-order valence-corrected chi connectivity index (χ0v) is 6.70. The van der Waals surface area contributed by atoms with Crippen LogP contribution in [0, 0.1) is 0 Å². The molecule has 12 heavy (non-hydrogen) atoms. The first kappa shape index (κ1) is 7.10. The smallest absolute Gasteiger partial charge is 0.0580 e. The molecule has 1 heterocycles. The highest BCUT2D eigenvalue weighted by Gasteiger charge is 2.01. The van der Waals surface area contributed by atoms with Crippen molar-refractivity contribution in [2.75, 3.05) is 12.3 Å². The number of nitrogens with zero attached hydrogens (tertiary/aromatic N) is 1. The monoisotopic (exact) mass is 158 g/mol. The van der Waals surface area contributed by atoms with Gasteiger partial charge in [0.1, 0.15) is 0 Å². The lowest BCUT2D eigenvalue weighted by atomic mass is 10.1. The van der Waals surface area contributed by atoms with Crippen molar-refractivity contribution >= 4 is 17.5 Å². The van der Waals surface area contributed by atoms with E-state index in [1.54, 1.807) is 0 Å². The highest BCUT2D eigenvalue weighted by molar-refractivity contribution is 6.11. The summed E-state index contributed by atoms with van der Waals surface area (Å²) in [6, 6.07) is 7.84. The van der Waals surface area contributed by atoms with Crippen molar-refractivity contribution in [2.24, 2.45) is 4.99 Å². The maximum Gasteiger partial charge on any atom is 0.0580 e. The lowest BCUT2D eigenvalue weighted by Crippen LogP contribution is -1.87. The molecule has 0 spiro atoms. The van der Waals surface area contributed by atoms with Crippen molar-refractivity contribution in [1.29, 1.82) is 0 Å². The summed E-state index contributed by atoms with van der Waals surface area (Å²) in [6.07, 6.45) is 3.98. The van der Waals surface area contributed by atoms with Crippen LogP contribution in [0.15, 0.2) is 35.3 Å². The summed E-state index contributed by atoms with van der Waals surface area (Å²) in [7, 11) is 0. The maximum atomic E-state index is 5.65. The summed E-state index contributed by atoms with van der Waals surface area (Å²) in [5, 5.41) is 0. The second-order valence-corrected chi connectivity index (χ2v) is 2.78. The molecular weight excluding hydrogens is 148 g/mol. The molecule has 1 aromatic carbocycles. The van der Waals surface area contributed by atoms with Crippen LogP contribution in [-0.2, 0) is 0 Å². The van der Waals surface area contributed by atoms with Crippen molar-refractivity contribution in [2.45, 2.75) is 0 Å². The molecule has 0 radical (unpaired) electrons. The lowest BCUT2D eigenvalue weighted by molar-refractivity contribution is 1.29. The minimum absolute atomic E-state index is 0.796. The highest BCUT2D eigenvalue weighted by Crippen LogP contribution is 2.17. The van der Waals surface area contributed by atoms with Crippen molar-refractivity contribution in [1.82, 2.24) is 0 Å². The Labute approximate surface area is 71.4 Å². The molecule has 1 aliphatic rings. The number of hydrogen-bond donors (Lipinski definition) is 1. The summed E-state index contributed by atoms with van der Waals surface area (Å²) in [5.74, 6) is 0. The van der Waals surface area contributed by atoms with E-state index in [4.69, 9.17) is 5.73 Å². The molecule has 1 aliphatic heterocycles. The van der Waals surface area contributed by atoms with Crippen LogP contribution in [0.3, 0.4) is 0 Å². The summed E-state index contributed by atoms with van der Waals surface area (Å²) >= 11 is 0. The molecule has 0 bridgehead atoms. The fraction of sp³-hybridized carbons (Fsp3) is 0.100. The number of benzene rings is 1.